The number of carboxylic acid groups (broad SMARTS) is 1. The summed E-state index contributed by atoms with van der Waals surface area (Å²) in [4.78, 5) is 15.0. The van der Waals surface area contributed by atoms with Gasteiger partial charge in [0.1, 0.15) is 0 Å². The summed E-state index contributed by atoms with van der Waals surface area (Å²) >= 11 is 1.51. The molecule has 0 unspecified atom stereocenters. The van der Waals surface area contributed by atoms with Crippen LogP contribution in [-0.2, 0) is 14.8 Å². The first kappa shape index (κ1) is 21.4. The van der Waals surface area contributed by atoms with Gasteiger partial charge in [-0.05, 0) is 39.3 Å². The maximum atomic E-state index is 12.7. The molecule has 0 saturated carbocycles. The van der Waals surface area contributed by atoms with Crippen molar-refractivity contribution in [3.8, 4) is 0 Å². The highest BCUT2D eigenvalue weighted by Crippen LogP contribution is 2.28. The minimum Gasteiger partial charge on any atom is -0.481 e. The molecule has 2 heterocycles. The van der Waals surface area contributed by atoms with Gasteiger partial charge in [-0.1, -0.05) is 0 Å². The van der Waals surface area contributed by atoms with Crippen molar-refractivity contribution in [3.05, 3.63) is 15.8 Å². The first-order chi connectivity index (χ1) is 10.8. The molecule has 1 N–H and O–H groups in total. The summed E-state index contributed by atoms with van der Waals surface area (Å²) in [5.74, 6) is -0.762. The van der Waals surface area contributed by atoms with Crippen molar-refractivity contribution in [3.63, 3.8) is 0 Å². The molecule has 0 spiro atoms. The molecular weight excluding hydrogens is 372 g/mol. The third kappa shape index (κ3) is 5.42. The van der Waals surface area contributed by atoms with Crippen molar-refractivity contribution in [1.29, 1.82) is 0 Å². The second-order valence-electron chi connectivity index (χ2n) is 5.87. The monoisotopic (exact) mass is 396 g/mol. The number of piperazine rings is 1. The highest BCUT2D eigenvalue weighted by molar-refractivity contribution is 7.89. The van der Waals surface area contributed by atoms with Crippen LogP contribution < -0.4 is 0 Å². The van der Waals surface area contributed by atoms with Crippen molar-refractivity contribution in [2.75, 3.05) is 32.7 Å². The first-order valence-electron chi connectivity index (χ1n) is 7.82. The predicted molar refractivity (Wildman–Crippen MR) is 97.7 cm³/mol. The maximum absolute atomic E-state index is 12.7. The summed E-state index contributed by atoms with van der Waals surface area (Å²) in [7, 11) is -3.39. The number of hydrogen-bond donors (Lipinski definition) is 1. The van der Waals surface area contributed by atoms with E-state index in [0.29, 0.717) is 37.5 Å². The summed E-state index contributed by atoms with van der Waals surface area (Å²) < 4.78 is 27.0. The molecule has 1 aliphatic heterocycles. The van der Waals surface area contributed by atoms with Crippen LogP contribution in [0.4, 0.5) is 0 Å². The lowest BCUT2D eigenvalue weighted by atomic mass is 10.2. The number of aliphatic carboxylic acids is 1. The van der Waals surface area contributed by atoms with E-state index in [-0.39, 0.29) is 18.8 Å². The zero-order chi connectivity index (χ0) is 17.0. The van der Waals surface area contributed by atoms with E-state index in [1.807, 2.05) is 13.8 Å². The number of sulfonamides is 1. The van der Waals surface area contributed by atoms with E-state index in [4.69, 9.17) is 5.11 Å². The maximum Gasteiger partial charge on any atom is 0.303 e. The van der Waals surface area contributed by atoms with Crippen molar-refractivity contribution in [2.24, 2.45) is 0 Å². The Morgan fingerprint density at radius 3 is 2.33 bits per heavy atom. The van der Waals surface area contributed by atoms with E-state index in [9.17, 15) is 13.2 Å². The number of thiophene rings is 1. The van der Waals surface area contributed by atoms with Gasteiger partial charge in [-0.2, -0.15) is 4.31 Å². The summed E-state index contributed by atoms with van der Waals surface area (Å²) in [6.07, 6.45) is 1.70. The third-order valence-electron chi connectivity index (χ3n) is 4.06. The summed E-state index contributed by atoms with van der Waals surface area (Å²) in [6, 6.07) is 1.76. The lowest BCUT2D eigenvalue weighted by Crippen LogP contribution is -2.48. The molecule has 1 fully saturated rings. The molecule has 24 heavy (non-hydrogen) atoms. The topological polar surface area (TPSA) is 77.9 Å². The Morgan fingerprint density at radius 1 is 1.21 bits per heavy atom. The van der Waals surface area contributed by atoms with Gasteiger partial charge in [0.15, 0.2) is 0 Å². The van der Waals surface area contributed by atoms with Crippen LogP contribution in [0, 0.1) is 13.8 Å². The van der Waals surface area contributed by atoms with E-state index in [2.05, 4.69) is 4.90 Å². The first-order valence-corrected chi connectivity index (χ1v) is 10.1. The van der Waals surface area contributed by atoms with Gasteiger partial charge in [0, 0.05) is 42.4 Å². The molecule has 1 aliphatic rings. The predicted octanol–water partition coefficient (Wildman–Crippen LogP) is 2.35. The molecule has 0 bridgehead atoms. The van der Waals surface area contributed by atoms with Crippen LogP contribution in [-0.4, -0.2) is 61.4 Å². The Hall–Kier alpha value is -0.670. The summed E-state index contributed by atoms with van der Waals surface area (Å²) in [5, 5.41) is 8.62. The van der Waals surface area contributed by atoms with Gasteiger partial charge in [0.05, 0.1) is 4.90 Å². The summed E-state index contributed by atoms with van der Waals surface area (Å²) in [5.41, 5.74) is 0. The van der Waals surface area contributed by atoms with Crippen LogP contribution in [0.5, 0.6) is 0 Å². The number of carboxylic acids is 1. The molecule has 0 atom stereocenters. The van der Waals surface area contributed by atoms with Gasteiger partial charge < -0.3 is 10.0 Å². The van der Waals surface area contributed by atoms with Gasteiger partial charge in [0.25, 0.3) is 0 Å². The van der Waals surface area contributed by atoms with Crippen molar-refractivity contribution < 1.29 is 18.3 Å². The zero-order valence-corrected chi connectivity index (χ0v) is 16.5. The second kappa shape index (κ2) is 9.15. The number of nitrogens with zero attached hydrogens (tertiary/aromatic N) is 2. The molecular formula is C15H25ClN2O4S2. The number of hydrogen-bond acceptors (Lipinski definition) is 5. The normalized spacial score (nSPS) is 16.8. The molecule has 1 aromatic heterocycles. The van der Waals surface area contributed by atoms with E-state index in [1.165, 1.54) is 11.3 Å². The van der Waals surface area contributed by atoms with Crippen LogP contribution in [0.1, 0.15) is 29.0 Å². The quantitative estimate of drug-likeness (QED) is 0.716. The molecule has 0 aliphatic carbocycles. The molecule has 138 valence electrons. The highest BCUT2D eigenvalue weighted by Gasteiger charge is 2.30. The second-order valence-corrected chi connectivity index (χ2v) is 9.24. The van der Waals surface area contributed by atoms with Crippen molar-refractivity contribution in [2.45, 2.75) is 38.0 Å². The van der Waals surface area contributed by atoms with Crippen LogP contribution in [0.3, 0.4) is 0 Å². The summed E-state index contributed by atoms with van der Waals surface area (Å²) in [6.45, 7) is 7.00. The van der Waals surface area contributed by atoms with Gasteiger partial charge >= 0.3 is 5.97 Å². The van der Waals surface area contributed by atoms with E-state index in [1.54, 1.807) is 10.4 Å². The molecule has 1 aromatic rings. The highest BCUT2D eigenvalue weighted by atomic mass is 35.5. The minimum absolute atomic E-state index is 0. The van der Waals surface area contributed by atoms with Crippen LogP contribution in [0.2, 0.25) is 0 Å². The van der Waals surface area contributed by atoms with Crippen LogP contribution in [0.15, 0.2) is 11.0 Å². The molecule has 9 heteroatoms. The van der Waals surface area contributed by atoms with Gasteiger partial charge in [-0.15, -0.1) is 23.7 Å². The van der Waals surface area contributed by atoms with Gasteiger partial charge in [0.2, 0.25) is 10.0 Å². The Kier molecular flexibility index (Phi) is 8.14. The van der Waals surface area contributed by atoms with E-state index >= 15 is 0 Å². The van der Waals surface area contributed by atoms with Crippen LogP contribution >= 0.6 is 23.7 Å². The Bertz CT molecular complexity index is 652. The molecule has 6 nitrogen and oxygen atoms in total. The Labute approximate surface area is 153 Å². The number of unbranched alkanes of at least 4 members (excludes halogenated alkanes) is 1. The lowest BCUT2D eigenvalue weighted by molar-refractivity contribution is -0.137. The molecule has 0 aromatic carbocycles. The Balaban J connectivity index is 0.00000288. The molecule has 1 saturated heterocycles. The molecule has 0 amide bonds. The average Bonchev–Trinajstić information content (AvgIpc) is 2.83. The number of rotatable bonds is 7. The fraction of sp³-hybridized carbons (Fsp3) is 0.667. The fourth-order valence-corrected chi connectivity index (χ4v) is 5.75. The average molecular weight is 397 g/mol. The molecule has 2 rings (SSSR count). The minimum atomic E-state index is -3.39. The smallest absolute Gasteiger partial charge is 0.303 e. The van der Waals surface area contributed by atoms with E-state index < -0.39 is 16.0 Å². The number of aryl methyl sites for hydroxylation is 2. The van der Waals surface area contributed by atoms with Gasteiger partial charge in [-0.3, -0.25) is 4.79 Å². The van der Waals surface area contributed by atoms with Crippen molar-refractivity contribution in [1.82, 2.24) is 9.21 Å². The van der Waals surface area contributed by atoms with Gasteiger partial charge in [-0.25, -0.2) is 8.42 Å². The zero-order valence-electron chi connectivity index (χ0n) is 14.0. The van der Waals surface area contributed by atoms with Crippen LogP contribution in [0.25, 0.3) is 0 Å². The number of halogens is 1. The van der Waals surface area contributed by atoms with Crippen molar-refractivity contribution >= 4 is 39.7 Å². The standard InChI is InChI=1S/C15H24N2O4S2.ClH/c1-12-11-14(13(2)22-12)23(20,21)17-9-7-16(8-10-17)6-4-3-5-15(18)19;/h11H,3-10H2,1-2H3,(H,18,19);1H. The lowest BCUT2D eigenvalue weighted by Gasteiger charge is -2.33. The third-order valence-corrected chi connectivity index (χ3v) is 7.18. The Morgan fingerprint density at radius 2 is 1.83 bits per heavy atom. The SMILES string of the molecule is Cc1cc(S(=O)(=O)N2CCN(CCCCC(=O)O)CC2)c(C)s1.Cl. The number of carbonyl (C=O) groups is 1. The molecule has 0 radical (unpaired) electrons. The fourth-order valence-electron chi connectivity index (χ4n) is 2.81. The van der Waals surface area contributed by atoms with E-state index in [0.717, 1.165) is 22.7 Å². The largest absolute Gasteiger partial charge is 0.481 e.